The maximum atomic E-state index is 10.7. The monoisotopic (exact) mass is 210 g/mol. The molecule has 2 heterocycles. The molecule has 74 valence electrons. The van der Waals surface area contributed by atoms with Gasteiger partial charge in [-0.3, -0.25) is 4.79 Å². The van der Waals surface area contributed by atoms with Gasteiger partial charge in [0.2, 0.25) is 0 Å². The molecule has 0 saturated heterocycles. The van der Waals surface area contributed by atoms with Gasteiger partial charge in [0.15, 0.2) is 0 Å². The van der Waals surface area contributed by atoms with Crippen molar-refractivity contribution in [2.24, 2.45) is 0 Å². The lowest BCUT2D eigenvalue weighted by Crippen LogP contribution is -2.12. The fourth-order valence-corrected chi connectivity index (χ4v) is 2.29. The van der Waals surface area contributed by atoms with Gasteiger partial charge in [0, 0.05) is 23.3 Å². The van der Waals surface area contributed by atoms with Gasteiger partial charge < -0.3 is 5.11 Å². The first kappa shape index (κ1) is 9.45. The smallest absolute Gasteiger partial charge is 0.313 e. The average molecular weight is 210 g/mol. The van der Waals surface area contributed by atoms with Gasteiger partial charge in [0.05, 0.1) is 5.69 Å². The van der Waals surface area contributed by atoms with Crippen LogP contribution in [-0.2, 0) is 16.3 Å². The Hall–Kier alpha value is -1.10. The van der Waals surface area contributed by atoms with Crippen LogP contribution in [0.15, 0.2) is 6.20 Å². The predicted octanol–water partition coefficient (Wildman–Crippen LogP) is 1.41. The Kier molecular flexibility index (Phi) is 2.41. The molecule has 1 atom stereocenters. The molecule has 0 spiro atoms. The van der Waals surface area contributed by atoms with E-state index >= 15 is 0 Å². The highest BCUT2D eigenvalue weighted by atomic mass is 32.2. The number of aromatic nitrogens is 2. The minimum Gasteiger partial charge on any atom is -0.481 e. The molecule has 0 radical (unpaired) electrons. The van der Waals surface area contributed by atoms with E-state index in [-0.39, 0.29) is 0 Å². The molecule has 4 nitrogen and oxygen atoms in total. The first-order valence-electron chi connectivity index (χ1n) is 4.33. The van der Waals surface area contributed by atoms with Gasteiger partial charge in [-0.2, -0.15) is 11.8 Å². The standard InChI is InChI=1S/C9H10N2O2S/c1-5(9(12)13)8-10-2-6-3-14-4-7(6)11-8/h2,5H,3-4H2,1H3,(H,12,13). The predicted molar refractivity (Wildman–Crippen MR) is 53.1 cm³/mol. The highest BCUT2D eigenvalue weighted by Crippen LogP contribution is 2.28. The molecule has 0 bridgehead atoms. The van der Waals surface area contributed by atoms with Crippen LogP contribution in [0.2, 0.25) is 0 Å². The van der Waals surface area contributed by atoms with E-state index < -0.39 is 11.9 Å². The summed E-state index contributed by atoms with van der Waals surface area (Å²) in [5, 5.41) is 8.80. The number of carboxylic acids is 1. The van der Waals surface area contributed by atoms with Gasteiger partial charge in [-0.25, -0.2) is 9.97 Å². The van der Waals surface area contributed by atoms with Crippen LogP contribution >= 0.6 is 11.8 Å². The third kappa shape index (κ3) is 1.59. The molecule has 0 amide bonds. The quantitative estimate of drug-likeness (QED) is 0.799. The third-order valence-corrected chi connectivity index (χ3v) is 3.22. The number of hydrogen-bond acceptors (Lipinski definition) is 4. The Morgan fingerprint density at radius 1 is 1.64 bits per heavy atom. The molecular formula is C9H10N2O2S. The summed E-state index contributed by atoms with van der Waals surface area (Å²) >= 11 is 1.78. The number of nitrogens with zero attached hydrogens (tertiary/aromatic N) is 2. The molecule has 1 aliphatic rings. The molecule has 2 rings (SSSR count). The summed E-state index contributed by atoms with van der Waals surface area (Å²) in [6, 6.07) is 0. The number of carbonyl (C=O) groups is 1. The van der Waals surface area contributed by atoms with E-state index in [1.807, 2.05) is 0 Å². The van der Waals surface area contributed by atoms with Crippen molar-refractivity contribution in [2.45, 2.75) is 24.3 Å². The fraction of sp³-hybridized carbons (Fsp3) is 0.444. The van der Waals surface area contributed by atoms with Crippen LogP contribution in [-0.4, -0.2) is 21.0 Å². The Balaban J connectivity index is 2.33. The number of thioether (sulfide) groups is 1. The van der Waals surface area contributed by atoms with Crippen molar-refractivity contribution >= 4 is 17.7 Å². The largest absolute Gasteiger partial charge is 0.481 e. The second kappa shape index (κ2) is 3.57. The van der Waals surface area contributed by atoms with Crippen LogP contribution in [0.25, 0.3) is 0 Å². The number of hydrogen-bond donors (Lipinski definition) is 1. The van der Waals surface area contributed by atoms with Crippen LogP contribution in [0.5, 0.6) is 0 Å². The van der Waals surface area contributed by atoms with Gasteiger partial charge >= 0.3 is 5.97 Å². The van der Waals surface area contributed by atoms with Crippen LogP contribution < -0.4 is 0 Å². The summed E-state index contributed by atoms with van der Waals surface area (Å²) in [5.41, 5.74) is 2.13. The van der Waals surface area contributed by atoms with Crippen molar-refractivity contribution in [2.75, 3.05) is 0 Å². The maximum absolute atomic E-state index is 10.7. The highest BCUT2D eigenvalue weighted by molar-refractivity contribution is 7.98. The SMILES string of the molecule is CC(C(=O)O)c1ncc2c(n1)CSC2. The second-order valence-corrected chi connectivity index (χ2v) is 4.24. The van der Waals surface area contributed by atoms with Crippen LogP contribution in [0.4, 0.5) is 0 Å². The summed E-state index contributed by atoms with van der Waals surface area (Å²) < 4.78 is 0. The van der Waals surface area contributed by atoms with Gasteiger partial charge in [0.1, 0.15) is 11.7 Å². The molecule has 5 heteroatoms. The Bertz CT molecular complexity index is 381. The second-order valence-electron chi connectivity index (χ2n) is 3.25. The zero-order valence-electron chi connectivity index (χ0n) is 7.73. The molecule has 1 aromatic rings. The van der Waals surface area contributed by atoms with E-state index in [9.17, 15) is 4.79 Å². The van der Waals surface area contributed by atoms with Crippen molar-refractivity contribution in [3.8, 4) is 0 Å². The van der Waals surface area contributed by atoms with Crippen molar-refractivity contribution in [1.82, 2.24) is 9.97 Å². The topological polar surface area (TPSA) is 63.1 Å². The first-order valence-corrected chi connectivity index (χ1v) is 5.49. The van der Waals surface area contributed by atoms with E-state index in [0.717, 1.165) is 22.8 Å². The minimum absolute atomic E-state index is 0.416. The van der Waals surface area contributed by atoms with E-state index in [0.29, 0.717) is 5.82 Å². The first-order chi connectivity index (χ1) is 6.68. The van der Waals surface area contributed by atoms with E-state index in [1.54, 1.807) is 24.9 Å². The molecule has 1 N–H and O–H groups in total. The number of aliphatic carboxylic acids is 1. The fourth-order valence-electron chi connectivity index (χ4n) is 1.28. The molecule has 0 aliphatic carbocycles. The number of carboxylic acid groups (broad SMARTS) is 1. The molecule has 0 saturated carbocycles. The van der Waals surface area contributed by atoms with Gasteiger partial charge in [0.25, 0.3) is 0 Å². The Morgan fingerprint density at radius 3 is 3.14 bits per heavy atom. The number of rotatable bonds is 2. The molecular weight excluding hydrogens is 200 g/mol. The van der Waals surface area contributed by atoms with Crippen molar-refractivity contribution in [3.05, 3.63) is 23.3 Å². The summed E-state index contributed by atoms with van der Waals surface area (Å²) in [7, 11) is 0. The molecule has 1 unspecified atom stereocenters. The Labute approximate surface area is 85.8 Å². The summed E-state index contributed by atoms with van der Waals surface area (Å²) in [6.45, 7) is 1.60. The number of fused-ring (bicyclic) bond motifs is 1. The molecule has 14 heavy (non-hydrogen) atoms. The maximum Gasteiger partial charge on any atom is 0.313 e. The lowest BCUT2D eigenvalue weighted by atomic mass is 10.1. The van der Waals surface area contributed by atoms with Gasteiger partial charge in [-0.1, -0.05) is 0 Å². The van der Waals surface area contributed by atoms with Gasteiger partial charge in [-0.05, 0) is 6.92 Å². The zero-order valence-corrected chi connectivity index (χ0v) is 8.54. The summed E-state index contributed by atoms with van der Waals surface area (Å²) in [6.07, 6.45) is 1.75. The lowest BCUT2D eigenvalue weighted by molar-refractivity contribution is -0.138. The van der Waals surface area contributed by atoms with E-state index in [1.165, 1.54) is 0 Å². The lowest BCUT2D eigenvalue weighted by Gasteiger charge is -2.05. The molecule has 1 aromatic heterocycles. The molecule has 0 aromatic carbocycles. The van der Waals surface area contributed by atoms with Crippen molar-refractivity contribution in [1.29, 1.82) is 0 Å². The molecule has 1 aliphatic heterocycles. The van der Waals surface area contributed by atoms with E-state index in [4.69, 9.17) is 5.11 Å². The zero-order chi connectivity index (χ0) is 10.1. The van der Waals surface area contributed by atoms with Gasteiger partial charge in [-0.15, -0.1) is 0 Å². The average Bonchev–Trinajstić information content (AvgIpc) is 2.62. The minimum atomic E-state index is -0.879. The van der Waals surface area contributed by atoms with Crippen molar-refractivity contribution in [3.63, 3.8) is 0 Å². The third-order valence-electron chi connectivity index (χ3n) is 2.23. The molecule has 0 fully saturated rings. The van der Waals surface area contributed by atoms with Crippen LogP contribution in [0, 0.1) is 0 Å². The van der Waals surface area contributed by atoms with Crippen molar-refractivity contribution < 1.29 is 9.90 Å². The summed E-state index contributed by atoms with van der Waals surface area (Å²) in [5.74, 6) is 0.731. The summed E-state index contributed by atoms with van der Waals surface area (Å²) in [4.78, 5) is 19.0. The Morgan fingerprint density at radius 2 is 2.43 bits per heavy atom. The van der Waals surface area contributed by atoms with Crippen LogP contribution in [0.1, 0.15) is 29.9 Å². The van der Waals surface area contributed by atoms with Crippen LogP contribution in [0.3, 0.4) is 0 Å². The van der Waals surface area contributed by atoms with E-state index in [2.05, 4.69) is 9.97 Å². The normalized spacial score (nSPS) is 16.4. The highest BCUT2D eigenvalue weighted by Gasteiger charge is 2.20.